The molecule has 0 N–H and O–H groups in total. The van der Waals surface area contributed by atoms with Gasteiger partial charge >= 0.3 is 0 Å². The molecule has 2 nitrogen and oxygen atoms in total. The van der Waals surface area contributed by atoms with Gasteiger partial charge in [-0.25, -0.2) is 4.98 Å². The third-order valence-electron chi connectivity index (χ3n) is 2.16. The Morgan fingerprint density at radius 1 is 1.25 bits per heavy atom. The van der Waals surface area contributed by atoms with E-state index in [1.54, 1.807) is 6.20 Å². The van der Waals surface area contributed by atoms with Gasteiger partial charge in [-0.2, -0.15) is 0 Å². The van der Waals surface area contributed by atoms with Crippen molar-refractivity contribution in [2.75, 3.05) is 0 Å². The van der Waals surface area contributed by atoms with Crippen LogP contribution in [0.3, 0.4) is 0 Å². The van der Waals surface area contributed by atoms with E-state index in [-0.39, 0.29) is 0 Å². The van der Waals surface area contributed by atoms with Crippen molar-refractivity contribution < 1.29 is 4.74 Å². The van der Waals surface area contributed by atoms with Gasteiger partial charge in [0.1, 0.15) is 11.6 Å². The Balaban J connectivity index is 2.05. The molecule has 2 aromatic rings. The highest BCUT2D eigenvalue weighted by Gasteiger charge is 2.03. The number of hydrogen-bond donors (Lipinski definition) is 0. The summed E-state index contributed by atoms with van der Waals surface area (Å²) in [6, 6.07) is 11.8. The van der Waals surface area contributed by atoms with E-state index < -0.39 is 0 Å². The summed E-state index contributed by atoms with van der Waals surface area (Å²) in [5.74, 6) is 0.483. The van der Waals surface area contributed by atoms with Crippen LogP contribution in [0.4, 0.5) is 0 Å². The Morgan fingerprint density at radius 3 is 2.69 bits per heavy atom. The zero-order chi connectivity index (χ0) is 11.4. The second-order valence-electron chi connectivity index (χ2n) is 3.57. The Morgan fingerprint density at radius 2 is 2.00 bits per heavy atom. The molecule has 2 rings (SSSR count). The number of pyridine rings is 1. The van der Waals surface area contributed by atoms with Crippen LogP contribution in [0.1, 0.15) is 11.1 Å². The molecule has 0 amide bonds. The molecule has 0 spiro atoms. The van der Waals surface area contributed by atoms with Gasteiger partial charge in [-0.05, 0) is 24.1 Å². The molecule has 1 aromatic heterocycles. The highest BCUT2D eigenvalue weighted by molar-refractivity contribution is 6.31. The number of nitrogens with zero attached hydrogens (tertiary/aromatic N) is 1. The maximum Gasteiger partial charge on any atom is 0.232 e. The van der Waals surface area contributed by atoms with Crippen LogP contribution in [0.5, 0.6) is 5.88 Å². The fourth-order valence-corrected chi connectivity index (χ4v) is 1.63. The molecular formula is C13H12ClNO. The van der Waals surface area contributed by atoms with Crippen LogP contribution in [0.2, 0.25) is 5.02 Å². The van der Waals surface area contributed by atoms with E-state index in [1.165, 1.54) is 0 Å². The fourth-order valence-electron chi connectivity index (χ4n) is 1.35. The number of ether oxygens (including phenoxy) is 1. The van der Waals surface area contributed by atoms with Crippen LogP contribution in [-0.4, -0.2) is 4.98 Å². The topological polar surface area (TPSA) is 22.1 Å². The summed E-state index contributed by atoms with van der Waals surface area (Å²) in [4.78, 5) is 4.14. The minimum atomic E-state index is 0.483. The first-order valence-corrected chi connectivity index (χ1v) is 5.42. The first-order valence-electron chi connectivity index (χ1n) is 5.04. The van der Waals surface area contributed by atoms with Gasteiger partial charge in [0.05, 0.1) is 0 Å². The number of halogens is 1. The average Bonchev–Trinajstić information content (AvgIpc) is 2.29. The molecule has 1 heterocycles. The number of aromatic nitrogens is 1. The van der Waals surface area contributed by atoms with E-state index in [9.17, 15) is 0 Å². The first-order chi connectivity index (χ1) is 7.75. The molecule has 0 radical (unpaired) electrons. The highest BCUT2D eigenvalue weighted by Crippen LogP contribution is 2.22. The van der Waals surface area contributed by atoms with Crippen LogP contribution in [0.15, 0.2) is 42.6 Å². The molecule has 0 saturated carbocycles. The third-order valence-corrected chi connectivity index (χ3v) is 2.43. The van der Waals surface area contributed by atoms with E-state index in [0.717, 1.165) is 11.1 Å². The Kier molecular flexibility index (Phi) is 3.42. The second kappa shape index (κ2) is 4.99. The van der Waals surface area contributed by atoms with Crippen LogP contribution in [0.25, 0.3) is 0 Å². The summed E-state index contributed by atoms with van der Waals surface area (Å²) in [6.45, 7) is 2.43. The number of hydrogen-bond acceptors (Lipinski definition) is 2. The predicted molar refractivity (Wildman–Crippen MR) is 64.8 cm³/mol. The van der Waals surface area contributed by atoms with Crippen molar-refractivity contribution in [1.29, 1.82) is 0 Å². The van der Waals surface area contributed by atoms with E-state index in [2.05, 4.69) is 4.98 Å². The Hall–Kier alpha value is -1.54. The maximum atomic E-state index is 6.01. The summed E-state index contributed by atoms with van der Waals surface area (Å²) in [6.07, 6.45) is 1.74. The van der Waals surface area contributed by atoms with Gasteiger partial charge in [0, 0.05) is 6.20 Å². The van der Waals surface area contributed by atoms with E-state index in [4.69, 9.17) is 16.3 Å². The fraction of sp³-hybridized carbons (Fsp3) is 0.154. The van der Waals surface area contributed by atoms with Gasteiger partial charge in [0.15, 0.2) is 0 Å². The molecule has 0 aliphatic carbocycles. The van der Waals surface area contributed by atoms with Crippen LogP contribution in [0, 0.1) is 6.92 Å². The largest absolute Gasteiger partial charge is 0.472 e. The molecule has 0 atom stereocenters. The highest BCUT2D eigenvalue weighted by atomic mass is 35.5. The van der Waals surface area contributed by atoms with Crippen molar-refractivity contribution >= 4 is 11.6 Å². The second-order valence-corrected chi connectivity index (χ2v) is 3.98. The smallest absolute Gasteiger partial charge is 0.232 e. The van der Waals surface area contributed by atoms with Gasteiger partial charge in [0.25, 0.3) is 0 Å². The van der Waals surface area contributed by atoms with Crippen LogP contribution >= 0.6 is 11.6 Å². The van der Waals surface area contributed by atoms with Crippen molar-refractivity contribution in [2.45, 2.75) is 13.5 Å². The lowest BCUT2D eigenvalue weighted by Gasteiger charge is -2.07. The lowest BCUT2D eigenvalue weighted by Crippen LogP contribution is -1.97. The van der Waals surface area contributed by atoms with Crippen LogP contribution < -0.4 is 4.74 Å². The third kappa shape index (κ3) is 2.74. The Bertz CT molecular complexity index is 471. The molecule has 0 fully saturated rings. The normalized spacial score (nSPS) is 10.1. The van der Waals surface area contributed by atoms with Gasteiger partial charge in [-0.15, -0.1) is 0 Å². The summed E-state index contributed by atoms with van der Waals surface area (Å²) in [5.41, 5.74) is 2.12. The van der Waals surface area contributed by atoms with E-state index in [1.807, 2.05) is 43.3 Å². The summed E-state index contributed by atoms with van der Waals surface area (Å²) in [7, 11) is 0. The number of benzene rings is 1. The lowest BCUT2D eigenvalue weighted by atomic mass is 10.2. The molecule has 1 aromatic carbocycles. The monoisotopic (exact) mass is 233 g/mol. The van der Waals surface area contributed by atoms with Crippen LogP contribution in [-0.2, 0) is 6.61 Å². The standard InChI is InChI=1S/C13H12ClNO/c1-10-7-12(14)13(15-8-10)16-9-11-5-3-2-4-6-11/h2-8H,9H2,1H3. The molecule has 82 valence electrons. The lowest BCUT2D eigenvalue weighted by molar-refractivity contribution is 0.294. The maximum absolute atomic E-state index is 6.01. The molecule has 0 aliphatic heterocycles. The molecule has 3 heteroatoms. The van der Waals surface area contributed by atoms with Crippen molar-refractivity contribution in [3.05, 3.63) is 58.7 Å². The number of aryl methyl sites for hydroxylation is 1. The molecular weight excluding hydrogens is 222 g/mol. The van der Waals surface area contributed by atoms with Gasteiger partial charge < -0.3 is 4.74 Å². The zero-order valence-corrected chi connectivity index (χ0v) is 9.74. The minimum Gasteiger partial charge on any atom is -0.472 e. The van der Waals surface area contributed by atoms with Gasteiger partial charge in [-0.1, -0.05) is 41.9 Å². The van der Waals surface area contributed by atoms with Crippen molar-refractivity contribution in [1.82, 2.24) is 4.98 Å². The quantitative estimate of drug-likeness (QED) is 0.808. The first kappa shape index (κ1) is 11.0. The predicted octanol–water partition coefficient (Wildman–Crippen LogP) is 3.62. The van der Waals surface area contributed by atoms with E-state index >= 15 is 0 Å². The molecule has 0 saturated heterocycles. The SMILES string of the molecule is Cc1cnc(OCc2ccccc2)c(Cl)c1. The number of rotatable bonds is 3. The van der Waals surface area contributed by atoms with Crippen molar-refractivity contribution in [2.24, 2.45) is 0 Å². The van der Waals surface area contributed by atoms with E-state index in [0.29, 0.717) is 17.5 Å². The minimum absolute atomic E-state index is 0.483. The molecule has 0 bridgehead atoms. The zero-order valence-electron chi connectivity index (χ0n) is 8.98. The van der Waals surface area contributed by atoms with Gasteiger partial charge in [0.2, 0.25) is 5.88 Å². The average molecular weight is 234 g/mol. The summed E-state index contributed by atoms with van der Waals surface area (Å²) < 4.78 is 5.53. The molecule has 16 heavy (non-hydrogen) atoms. The molecule has 0 aliphatic rings. The summed E-state index contributed by atoms with van der Waals surface area (Å²) in [5, 5.41) is 0.552. The van der Waals surface area contributed by atoms with Gasteiger partial charge in [-0.3, -0.25) is 0 Å². The Labute approximate surface area is 99.9 Å². The van der Waals surface area contributed by atoms with Crippen molar-refractivity contribution in [3.8, 4) is 5.88 Å². The van der Waals surface area contributed by atoms with Crippen molar-refractivity contribution in [3.63, 3.8) is 0 Å². The molecule has 0 unspecified atom stereocenters. The summed E-state index contributed by atoms with van der Waals surface area (Å²) >= 11 is 6.01.